The molecule has 0 fully saturated rings. The standard InChI is InChI=1S/C9H8N2O2S2/c1-13-8(12)6-7(15-9(10)11-6)5-3-2-4-14-5/h2-4H,1H3,(H2,10,11). The molecule has 0 saturated heterocycles. The van der Waals surface area contributed by atoms with E-state index >= 15 is 0 Å². The number of esters is 1. The molecule has 2 N–H and O–H groups in total. The fraction of sp³-hybridized carbons (Fsp3) is 0.111. The summed E-state index contributed by atoms with van der Waals surface area (Å²) >= 11 is 2.83. The molecule has 0 aliphatic rings. The van der Waals surface area contributed by atoms with Crippen molar-refractivity contribution in [3.05, 3.63) is 23.2 Å². The molecular formula is C9H8N2O2S2. The third-order valence-corrected chi connectivity index (χ3v) is 3.70. The van der Waals surface area contributed by atoms with Gasteiger partial charge in [0.2, 0.25) is 0 Å². The van der Waals surface area contributed by atoms with E-state index in [-0.39, 0.29) is 0 Å². The second-order valence-corrected chi connectivity index (χ2v) is 4.68. The van der Waals surface area contributed by atoms with E-state index < -0.39 is 5.97 Å². The van der Waals surface area contributed by atoms with Crippen LogP contribution in [0.3, 0.4) is 0 Å². The van der Waals surface area contributed by atoms with Gasteiger partial charge in [-0.25, -0.2) is 9.78 Å². The lowest BCUT2D eigenvalue weighted by atomic mass is 10.3. The molecule has 6 heteroatoms. The van der Waals surface area contributed by atoms with Gasteiger partial charge in [0.05, 0.1) is 12.0 Å². The highest BCUT2D eigenvalue weighted by molar-refractivity contribution is 7.23. The Morgan fingerprint density at radius 1 is 1.60 bits per heavy atom. The third kappa shape index (κ3) is 1.86. The number of nitrogen functional groups attached to an aromatic ring is 1. The zero-order valence-corrected chi connectivity index (χ0v) is 9.52. The molecule has 78 valence electrons. The van der Waals surface area contributed by atoms with Gasteiger partial charge in [-0.2, -0.15) is 0 Å². The molecule has 0 atom stereocenters. The minimum atomic E-state index is -0.452. The summed E-state index contributed by atoms with van der Waals surface area (Å²) in [6, 6.07) is 3.83. The molecule has 15 heavy (non-hydrogen) atoms. The zero-order chi connectivity index (χ0) is 10.8. The maximum atomic E-state index is 11.4. The molecular weight excluding hydrogens is 232 g/mol. The van der Waals surface area contributed by atoms with Crippen LogP contribution in [-0.2, 0) is 4.74 Å². The quantitative estimate of drug-likeness (QED) is 0.817. The van der Waals surface area contributed by atoms with Gasteiger partial charge in [-0.3, -0.25) is 0 Å². The average Bonchev–Trinajstić information content (AvgIpc) is 2.84. The van der Waals surface area contributed by atoms with Gasteiger partial charge >= 0.3 is 5.97 Å². The van der Waals surface area contributed by atoms with Gasteiger partial charge in [0.15, 0.2) is 10.8 Å². The first-order chi connectivity index (χ1) is 7.22. The minimum absolute atomic E-state index is 0.294. The topological polar surface area (TPSA) is 65.2 Å². The monoisotopic (exact) mass is 240 g/mol. The average molecular weight is 240 g/mol. The molecule has 0 unspecified atom stereocenters. The molecule has 0 amide bonds. The first-order valence-corrected chi connectivity index (χ1v) is 5.80. The summed E-state index contributed by atoms with van der Waals surface area (Å²) in [6.45, 7) is 0. The number of nitrogens with two attached hydrogens (primary N) is 1. The van der Waals surface area contributed by atoms with E-state index in [4.69, 9.17) is 5.73 Å². The molecule has 0 spiro atoms. The van der Waals surface area contributed by atoms with Crippen molar-refractivity contribution in [2.24, 2.45) is 0 Å². The van der Waals surface area contributed by atoms with E-state index in [0.29, 0.717) is 10.8 Å². The Labute approximate surface area is 94.3 Å². The number of aromatic nitrogens is 1. The van der Waals surface area contributed by atoms with Crippen LogP contribution in [0.15, 0.2) is 17.5 Å². The van der Waals surface area contributed by atoms with Gasteiger partial charge in [-0.1, -0.05) is 17.4 Å². The predicted octanol–water partition coefficient (Wildman–Crippen LogP) is 2.24. The van der Waals surface area contributed by atoms with Crippen LogP contribution in [0.5, 0.6) is 0 Å². The molecule has 4 nitrogen and oxygen atoms in total. The van der Waals surface area contributed by atoms with Crippen molar-refractivity contribution < 1.29 is 9.53 Å². The van der Waals surface area contributed by atoms with Crippen molar-refractivity contribution in [1.29, 1.82) is 0 Å². The Balaban J connectivity index is 2.52. The SMILES string of the molecule is COC(=O)c1nc(N)sc1-c1cccs1. The van der Waals surface area contributed by atoms with E-state index in [0.717, 1.165) is 9.75 Å². The van der Waals surface area contributed by atoms with Gasteiger partial charge in [-0.05, 0) is 11.4 Å². The van der Waals surface area contributed by atoms with Crippen LogP contribution in [0.25, 0.3) is 9.75 Å². The highest BCUT2D eigenvalue weighted by Gasteiger charge is 2.19. The van der Waals surface area contributed by atoms with Crippen molar-refractivity contribution in [1.82, 2.24) is 4.98 Å². The van der Waals surface area contributed by atoms with Crippen LogP contribution >= 0.6 is 22.7 Å². The fourth-order valence-electron chi connectivity index (χ4n) is 1.15. The molecule has 0 bridgehead atoms. The maximum absolute atomic E-state index is 11.4. The number of ether oxygens (including phenoxy) is 1. The molecule has 0 aliphatic carbocycles. The lowest BCUT2D eigenvalue weighted by Gasteiger charge is -1.96. The van der Waals surface area contributed by atoms with Crippen LogP contribution in [0.1, 0.15) is 10.5 Å². The molecule has 0 aromatic carbocycles. The summed E-state index contributed by atoms with van der Waals surface area (Å²) in [5.74, 6) is -0.452. The van der Waals surface area contributed by atoms with Gasteiger partial charge in [0.25, 0.3) is 0 Å². The van der Waals surface area contributed by atoms with E-state index in [1.165, 1.54) is 29.8 Å². The van der Waals surface area contributed by atoms with E-state index in [1.807, 2.05) is 17.5 Å². The number of methoxy groups -OCH3 is 1. The summed E-state index contributed by atoms with van der Waals surface area (Å²) in [4.78, 5) is 17.1. The molecule has 2 heterocycles. The zero-order valence-electron chi connectivity index (χ0n) is 7.89. The number of hydrogen-bond acceptors (Lipinski definition) is 6. The highest BCUT2D eigenvalue weighted by atomic mass is 32.1. The molecule has 2 rings (SSSR count). The van der Waals surface area contributed by atoms with Gasteiger partial charge in [0, 0.05) is 4.88 Å². The van der Waals surface area contributed by atoms with E-state index in [9.17, 15) is 4.79 Å². The Kier molecular flexibility index (Phi) is 2.70. The number of rotatable bonds is 2. The number of carbonyl (C=O) groups is 1. The normalized spacial score (nSPS) is 10.2. The van der Waals surface area contributed by atoms with Crippen LogP contribution in [0.2, 0.25) is 0 Å². The largest absolute Gasteiger partial charge is 0.464 e. The summed E-state index contributed by atoms with van der Waals surface area (Å²) in [5, 5.41) is 2.31. The highest BCUT2D eigenvalue weighted by Crippen LogP contribution is 2.34. The summed E-state index contributed by atoms with van der Waals surface area (Å²) in [5.41, 5.74) is 5.88. The van der Waals surface area contributed by atoms with Crippen molar-refractivity contribution in [2.45, 2.75) is 0 Å². The van der Waals surface area contributed by atoms with Crippen LogP contribution < -0.4 is 5.73 Å². The second kappa shape index (κ2) is 4.00. The number of thiophene rings is 1. The van der Waals surface area contributed by atoms with Gasteiger partial charge in [0.1, 0.15) is 0 Å². The van der Waals surface area contributed by atoms with Crippen molar-refractivity contribution in [3.8, 4) is 9.75 Å². The first kappa shape index (κ1) is 10.1. The summed E-state index contributed by atoms with van der Waals surface area (Å²) in [6.07, 6.45) is 0. The van der Waals surface area contributed by atoms with Crippen molar-refractivity contribution in [3.63, 3.8) is 0 Å². The first-order valence-electron chi connectivity index (χ1n) is 4.11. The Morgan fingerprint density at radius 2 is 2.40 bits per heavy atom. The molecule has 0 aliphatic heterocycles. The van der Waals surface area contributed by atoms with Crippen LogP contribution in [-0.4, -0.2) is 18.1 Å². The lowest BCUT2D eigenvalue weighted by molar-refractivity contribution is 0.0596. The lowest BCUT2D eigenvalue weighted by Crippen LogP contribution is -2.03. The number of carbonyl (C=O) groups excluding carboxylic acids is 1. The molecule has 0 radical (unpaired) electrons. The van der Waals surface area contributed by atoms with Crippen molar-refractivity contribution >= 4 is 33.8 Å². The summed E-state index contributed by atoms with van der Waals surface area (Å²) in [7, 11) is 1.33. The Bertz CT molecular complexity index is 476. The molecule has 0 saturated carbocycles. The van der Waals surface area contributed by atoms with Gasteiger partial charge < -0.3 is 10.5 Å². The fourth-order valence-corrected chi connectivity index (χ4v) is 2.82. The van der Waals surface area contributed by atoms with Crippen LogP contribution in [0.4, 0.5) is 5.13 Å². The third-order valence-electron chi connectivity index (χ3n) is 1.77. The van der Waals surface area contributed by atoms with Crippen molar-refractivity contribution in [2.75, 3.05) is 12.8 Å². The minimum Gasteiger partial charge on any atom is -0.464 e. The smallest absolute Gasteiger partial charge is 0.358 e. The summed E-state index contributed by atoms with van der Waals surface area (Å²) < 4.78 is 4.64. The van der Waals surface area contributed by atoms with Gasteiger partial charge in [-0.15, -0.1) is 11.3 Å². The Morgan fingerprint density at radius 3 is 3.00 bits per heavy atom. The maximum Gasteiger partial charge on any atom is 0.358 e. The second-order valence-electron chi connectivity index (χ2n) is 2.70. The number of hydrogen-bond donors (Lipinski definition) is 1. The number of anilines is 1. The van der Waals surface area contributed by atoms with E-state index in [1.54, 1.807) is 0 Å². The Hall–Kier alpha value is -1.40. The predicted molar refractivity (Wildman–Crippen MR) is 61.2 cm³/mol. The van der Waals surface area contributed by atoms with E-state index in [2.05, 4.69) is 9.72 Å². The number of nitrogens with zero attached hydrogens (tertiary/aromatic N) is 1. The molecule has 2 aromatic rings. The molecule has 2 aromatic heterocycles. The number of thiazole rings is 1. The van der Waals surface area contributed by atoms with Crippen LogP contribution in [0, 0.1) is 0 Å².